The molecule has 20 heavy (non-hydrogen) atoms. The Labute approximate surface area is 122 Å². The molecule has 1 aliphatic heterocycles. The Bertz CT molecular complexity index is 472. The van der Waals surface area contributed by atoms with Crippen molar-refractivity contribution in [2.24, 2.45) is 5.92 Å². The molecule has 0 bridgehead atoms. The molecule has 0 radical (unpaired) electrons. The molecule has 0 aromatic carbocycles. The second kappa shape index (κ2) is 5.95. The van der Waals surface area contributed by atoms with Crippen molar-refractivity contribution in [3.63, 3.8) is 0 Å². The van der Waals surface area contributed by atoms with Crippen LogP contribution in [0.5, 0.6) is 0 Å². The van der Waals surface area contributed by atoms with Gasteiger partial charge >= 0.3 is 0 Å². The molecule has 2 heterocycles. The number of nitrogens with two attached hydrogens (primary N) is 1. The quantitative estimate of drug-likeness (QED) is 0.887. The van der Waals surface area contributed by atoms with E-state index < -0.39 is 0 Å². The highest BCUT2D eigenvalue weighted by atomic mass is 15.1. The lowest BCUT2D eigenvalue weighted by Gasteiger charge is -2.35. The fraction of sp³-hybridized carbons (Fsp3) is 0.733. The Hall–Kier alpha value is -1.36. The van der Waals surface area contributed by atoms with Gasteiger partial charge in [-0.05, 0) is 32.9 Å². The maximum Gasteiger partial charge on any atom is 0.135 e. The summed E-state index contributed by atoms with van der Waals surface area (Å²) in [6.07, 6.45) is 1.14. The summed E-state index contributed by atoms with van der Waals surface area (Å²) in [6.45, 7) is 10.7. The average molecular weight is 277 g/mol. The van der Waals surface area contributed by atoms with E-state index in [1.165, 1.54) is 0 Å². The fourth-order valence-electron chi connectivity index (χ4n) is 2.69. The molecule has 1 aliphatic rings. The van der Waals surface area contributed by atoms with E-state index in [1.807, 2.05) is 6.92 Å². The number of nitrogens with zero attached hydrogens (tertiary/aromatic N) is 3. The molecule has 5 nitrogen and oxygen atoms in total. The van der Waals surface area contributed by atoms with Crippen molar-refractivity contribution >= 4 is 11.6 Å². The molecule has 2 atom stereocenters. The second-order valence-electron chi connectivity index (χ2n) is 6.37. The summed E-state index contributed by atoms with van der Waals surface area (Å²) in [5.41, 5.74) is 6.98. The van der Waals surface area contributed by atoms with Gasteiger partial charge in [-0.15, -0.1) is 0 Å². The topological polar surface area (TPSA) is 67.1 Å². The molecule has 0 saturated carbocycles. The minimum Gasteiger partial charge on any atom is -0.383 e. The molecule has 2 unspecified atom stereocenters. The van der Waals surface area contributed by atoms with Crippen molar-refractivity contribution in [3.8, 4) is 0 Å². The third-order valence-electron chi connectivity index (χ3n) is 4.15. The van der Waals surface area contributed by atoms with E-state index in [0.717, 1.165) is 36.7 Å². The standard InChI is InChI=1S/C15H27N5/c1-9(2)14-18-13(16)11(4)15(19-14)17-12-6-7-20(5)8-10(12)3/h9-10,12H,6-8H2,1-5H3,(H3,16,17,18,19). The maximum absolute atomic E-state index is 6.02. The molecule has 0 amide bonds. The number of piperidine rings is 1. The minimum absolute atomic E-state index is 0.286. The molecule has 1 aromatic heterocycles. The lowest BCUT2D eigenvalue weighted by molar-refractivity contribution is 0.206. The lowest BCUT2D eigenvalue weighted by Crippen LogP contribution is -2.43. The highest BCUT2D eigenvalue weighted by molar-refractivity contribution is 5.55. The van der Waals surface area contributed by atoms with Gasteiger partial charge in [0.1, 0.15) is 17.5 Å². The van der Waals surface area contributed by atoms with Crippen molar-refractivity contribution in [1.29, 1.82) is 0 Å². The van der Waals surface area contributed by atoms with Gasteiger partial charge in [-0.2, -0.15) is 0 Å². The van der Waals surface area contributed by atoms with Crippen molar-refractivity contribution < 1.29 is 0 Å². The zero-order chi connectivity index (χ0) is 14.9. The van der Waals surface area contributed by atoms with Gasteiger partial charge in [-0.3, -0.25) is 0 Å². The van der Waals surface area contributed by atoms with Gasteiger partial charge in [0.05, 0.1) is 0 Å². The van der Waals surface area contributed by atoms with E-state index >= 15 is 0 Å². The van der Waals surface area contributed by atoms with E-state index in [0.29, 0.717) is 17.8 Å². The zero-order valence-corrected chi connectivity index (χ0v) is 13.3. The summed E-state index contributed by atoms with van der Waals surface area (Å²) >= 11 is 0. The Morgan fingerprint density at radius 1 is 1.35 bits per heavy atom. The van der Waals surface area contributed by atoms with Crippen molar-refractivity contribution in [1.82, 2.24) is 14.9 Å². The van der Waals surface area contributed by atoms with Crippen LogP contribution in [0.1, 0.15) is 44.5 Å². The average Bonchev–Trinajstić information content (AvgIpc) is 2.37. The molecule has 1 saturated heterocycles. The predicted molar refractivity (Wildman–Crippen MR) is 84.0 cm³/mol. The van der Waals surface area contributed by atoms with Gasteiger partial charge in [0, 0.05) is 24.1 Å². The van der Waals surface area contributed by atoms with Gasteiger partial charge in [0.25, 0.3) is 0 Å². The maximum atomic E-state index is 6.02. The van der Waals surface area contributed by atoms with Crippen molar-refractivity contribution in [3.05, 3.63) is 11.4 Å². The van der Waals surface area contributed by atoms with E-state index in [2.05, 4.69) is 48.0 Å². The molecule has 2 rings (SSSR count). The molecular formula is C15H27N5. The van der Waals surface area contributed by atoms with Crippen molar-refractivity contribution in [2.75, 3.05) is 31.2 Å². The highest BCUT2D eigenvalue weighted by Crippen LogP contribution is 2.25. The number of nitrogens with one attached hydrogen (secondary N) is 1. The predicted octanol–water partition coefficient (Wildman–Crippen LogP) is 2.24. The van der Waals surface area contributed by atoms with Gasteiger partial charge in [-0.25, -0.2) is 9.97 Å². The van der Waals surface area contributed by atoms with Crippen LogP contribution >= 0.6 is 0 Å². The molecule has 0 aliphatic carbocycles. The monoisotopic (exact) mass is 277 g/mol. The molecule has 1 aromatic rings. The summed E-state index contributed by atoms with van der Waals surface area (Å²) in [5, 5.41) is 3.60. The van der Waals surface area contributed by atoms with Crippen LogP contribution in [0.2, 0.25) is 0 Å². The smallest absolute Gasteiger partial charge is 0.135 e. The molecule has 1 fully saturated rings. The first kappa shape index (κ1) is 15.0. The Morgan fingerprint density at radius 2 is 2.05 bits per heavy atom. The van der Waals surface area contributed by atoms with Crippen LogP contribution in [0.4, 0.5) is 11.6 Å². The van der Waals surface area contributed by atoms with Crippen LogP contribution in [0.3, 0.4) is 0 Å². The molecular weight excluding hydrogens is 250 g/mol. The second-order valence-corrected chi connectivity index (χ2v) is 6.37. The minimum atomic E-state index is 0.286. The van der Waals surface area contributed by atoms with Crippen LogP contribution in [0.15, 0.2) is 0 Å². The van der Waals surface area contributed by atoms with Crippen LogP contribution in [0.25, 0.3) is 0 Å². The van der Waals surface area contributed by atoms with Gasteiger partial charge < -0.3 is 16.0 Å². The normalized spacial score (nSPS) is 24.1. The Balaban J connectivity index is 2.20. The van der Waals surface area contributed by atoms with E-state index in [-0.39, 0.29) is 5.92 Å². The first-order valence-electron chi connectivity index (χ1n) is 7.47. The van der Waals surface area contributed by atoms with E-state index in [1.54, 1.807) is 0 Å². The van der Waals surface area contributed by atoms with Crippen LogP contribution < -0.4 is 11.1 Å². The first-order chi connectivity index (χ1) is 9.38. The molecule has 112 valence electrons. The van der Waals surface area contributed by atoms with E-state index in [4.69, 9.17) is 5.73 Å². The third kappa shape index (κ3) is 3.20. The summed E-state index contributed by atoms with van der Waals surface area (Å²) in [4.78, 5) is 11.4. The summed E-state index contributed by atoms with van der Waals surface area (Å²) in [6, 6.07) is 0.458. The number of rotatable bonds is 3. The highest BCUT2D eigenvalue weighted by Gasteiger charge is 2.25. The molecule has 0 spiro atoms. The Kier molecular flexibility index (Phi) is 4.48. The van der Waals surface area contributed by atoms with Gasteiger partial charge in [0.2, 0.25) is 0 Å². The summed E-state index contributed by atoms with van der Waals surface area (Å²) in [7, 11) is 2.18. The number of nitrogen functional groups attached to an aromatic ring is 1. The molecule has 5 heteroatoms. The number of hydrogen-bond donors (Lipinski definition) is 2. The van der Waals surface area contributed by atoms with Crippen LogP contribution in [0, 0.1) is 12.8 Å². The van der Waals surface area contributed by atoms with Crippen LogP contribution in [-0.4, -0.2) is 41.0 Å². The first-order valence-corrected chi connectivity index (χ1v) is 7.47. The summed E-state index contributed by atoms with van der Waals surface area (Å²) in [5.74, 6) is 3.20. The zero-order valence-electron chi connectivity index (χ0n) is 13.3. The third-order valence-corrected chi connectivity index (χ3v) is 4.15. The lowest BCUT2D eigenvalue weighted by atomic mass is 9.94. The van der Waals surface area contributed by atoms with Crippen molar-refractivity contribution in [2.45, 2.75) is 46.1 Å². The SMILES string of the molecule is Cc1c(N)nc(C(C)C)nc1NC1CCN(C)CC1C. The Morgan fingerprint density at radius 3 is 2.65 bits per heavy atom. The van der Waals surface area contributed by atoms with Gasteiger partial charge in [-0.1, -0.05) is 20.8 Å². The van der Waals surface area contributed by atoms with Crippen LogP contribution in [-0.2, 0) is 0 Å². The van der Waals surface area contributed by atoms with E-state index in [9.17, 15) is 0 Å². The number of anilines is 2. The summed E-state index contributed by atoms with van der Waals surface area (Å²) < 4.78 is 0. The van der Waals surface area contributed by atoms with Gasteiger partial charge in [0.15, 0.2) is 0 Å². The number of aromatic nitrogens is 2. The largest absolute Gasteiger partial charge is 0.383 e. The number of hydrogen-bond acceptors (Lipinski definition) is 5. The number of likely N-dealkylation sites (tertiary alicyclic amines) is 1. The molecule has 3 N–H and O–H groups in total. The fourth-order valence-corrected chi connectivity index (χ4v) is 2.69.